The molecule has 0 aromatic heterocycles. The lowest BCUT2D eigenvalue weighted by molar-refractivity contribution is 0.112. The third-order valence-corrected chi connectivity index (χ3v) is 3.96. The highest BCUT2D eigenvalue weighted by atomic mass is 16.7. The molecule has 0 saturated heterocycles. The molecule has 0 aliphatic carbocycles. The van der Waals surface area contributed by atoms with E-state index in [0.717, 1.165) is 57.1 Å². The summed E-state index contributed by atoms with van der Waals surface area (Å²) in [6.07, 6.45) is 4.45. The molecule has 1 N–H and O–H groups in total. The summed E-state index contributed by atoms with van der Waals surface area (Å²) in [5, 5.41) is 3.34. The van der Waals surface area contributed by atoms with Crippen LogP contribution in [0.25, 0.3) is 0 Å². The predicted octanol–water partition coefficient (Wildman–Crippen LogP) is 3.29. The summed E-state index contributed by atoms with van der Waals surface area (Å²) in [5.74, 6) is 1.68. The second-order valence-electron chi connectivity index (χ2n) is 5.99. The summed E-state index contributed by atoms with van der Waals surface area (Å²) in [5.41, 5.74) is 2.49. The van der Waals surface area contributed by atoms with E-state index in [2.05, 4.69) is 31.3 Å². The molecule has 24 heavy (non-hydrogen) atoms. The zero-order valence-electron chi connectivity index (χ0n) is 15.1. The molecule has 0 saturated carbocycles. The SMILES string of the molecule is CCCCOCCNCCOCc1cc2c(cc1CCC)OCO2. The molecular formula is C19H31NO4. The fourth-order valence-electron chi connectivity index (χ4n) is 2.61. The second kappa shape index (κ2) is 11.3. The smallest absolute Gasteiger partial charge is 0.231 e. The first-order valence-electron chi connectivity index (χ1n) is 9.12. The van der Waals surface area contributed by atoms with Gasteiger partial charge in [0.05, 0.1) is 19.8 Å². The Bertz CT molecular complexity index is 479. The molecule has 5 heteroatoms. The van der Waals surface area contributed by atoms with E-state index in [1.807, 2.05) is 0 Å². The molecule has 1 aliphatic heterocycles. The van der Waals surface area contributed by atoms with Crippen molar-refractivity contribution in [3.05, 3.63) is 23.3 Å². The zero-order chi connectivity index (χ0) is 17.0. The molecule has 1 heterocycles. The van der Waals surface area contributed by atoms with Crippen LogP contribution in [0.3, 0.4) is 0 Å². The Morgan fingerprint density at radius 3 is 2.33 bits per heavy atom. The highest BCUT2D eigenvalue weighted by Crippen LogP contribution is 2.35. The largest absolute Gasteiger partial charge is 0.454 e. The maximum atomic E-state index is 5.81. The van der Waals surface area contributed by atoms with Crippen molar-refractivity contribution >= 4 is 0 Å². The number of benzene rings is 1. The third kappa shape index (κ3) is 6.30. The summed E-state index contributed by atoms with van der Waals surface area (Å²) in [7, 11) is 0. The van der Waals surface area contributed by atoms with Gasteiger partial charge in [-0.15, -0.1) is 0 Å². The van der Waals surface area contributed by atoms with Gasteiger partial charge in [-0.25, -0.2) is 0 Å². The van der Waals surface area contributed by atoms with Gasteiger partial charge >= 0.3 is 0 Å². The van der Waals surface area contributed by atoms with Crippen LogP contribution in [-0.2, 0) is 22.5 Å². The van der Waals surface area contributed by atoms with Gasteiger partial charge in [0.15, 0.2) is 11.5 Å². The van der Waals surface area contributed by atoms with E-state index in [9.17, 15) is 0 Å². The van der Waals surface area contributed by atoms with Gasteiger partial charge in [0.1, 0.15) is 0 Å². The van der Waals surface area contributed by atoms with Gasteiger partial charge in [-0.2, -0.15) is 0 Å². The maximum Gasteiger partial charge on any atom is 0.231 e. The summed E-state index contributed by atoms with van der Waals surface area (Å²) in [4.78, 5) is 0. The number of hydrogen-bond acceptors (Lipinski definition) is 5. The minimum absolute atomic E-state index is 0.315. The molecule has 0 unspecified atom stereocenters. The van der Waals surface area contributed by atoms with Crippen LogP contribution in [-0.4, -0.2) is 39.7 Å². The maximum absolute atomic E-state index is 5.81. The van der Waals surface area contributed by atoms with Crippen molar-refractivity contribution in [1.29, 1.82) is 0 Å². The van der Waals surface area contributed by atoms with Gasteiger partial charge in [-0.3, -0.25) is 0 Å². The van der Waals surface area contributed by atoms with Crippen molar-refractivity contribution in [2.45, 2.75) is 46.1 Å². The van der Waals surface area contributed by atoms with E-state index in [-0.39, 0.29) is 0 Å². The first-order valence-corrected chi connectivity index (χ1v) is 9.12. The molecule has 0 fully saturated rings. The predicted molar refractivity (Wildman–Crippen MR) is 94.8 cm³/mol. The summed E-state index contributed by atoms with van der Waals surface area (Å²) >= 11 is 0. The van der Waals surface area contributed by atoms with Gasteiger partial charge in [0, 0.05) is 19.7 Å². The van der Waals surface area contributed by atoms with E-state index in [1.54, 1.807) is 0 Å². The lowest BCUT2D eigenvalue weighted by Crippen LogP contribution is -2.24. The Labute approximate surface area is 145 Å². The topological polar surface area (TPSA) is 49.0 Å². The van der Waals surface area contributed by atoms with Crippen LogP contribution in [0.15, 0.2) is 12.1 Å². The number of fused-ring (bicyclic) bond motifs is 1. The standard InChI is InChI=1S/C19H31NO4/c1-3-5-9-21-10-7-20-8-11-22-14-17-13-19-18(23-15-24-19)12-16(17)6-4-2/h12-13,20H,3-11,14-15H2,1-2H3. The number of rotatable bonds is 13. The monoisotopic (exact) mass is 337 g/mol. The molecule has 0 spiro atoms. The van der Waals surface area contributed by atoms with Crippen LogP contribution in [0, 0.1) is 0 Å². The van der Waals surface area contributed by atoms with Crippen molar-refractivity contribution in [2.75, 3.05) is 39.7 Å². The van der Waals surface area contributed by atoms with Crippen molar-refractivity contribution < 1.29 is 18.9 Å². The van der Waals surface area contributed by atoms with Crippen molar-refractivity contribution in [3.8, 4) is 11.5 Å². The van der Waals surface area contributed by atoms with Gasteiger partial charge in [0.2, 0.25) is 6.79 Å². The number of nitrogens with one attached hydrogen (secondary N) is 1. The first kappa shape index (κ1) is 19.0. The van der Waals surface area contributed by atoms with Gasteiger partial charge < -0.3 is 24.3 Å². The average molecular weight is 337 g/mol. The Kier molecular flexibility index (Phi) is 8.95. The van der Waals surface area contributed by atoms with Crippen molar-refractivity contribution in [2.24, 2.45) is 0 Å². The lowest BCUT2D eigenvalue weighted by atomic mass is 10.0. The van der Waals surface area contributed by atoms with Crippen LogP contribution in [0.4, 0.5) is 0 Å². The Hall–Kier alpha value is -1.30. The third-order valence-electron chi connectivity index (χ3n) is 3.96. The van der Waals surface area contributed by atoms with E-state index < -0.39 is 0 Å². The van der Waals surface area contributed by atoms with E-state index >= 15 is 0 Å². The molecule has 1 aromatic rings. The van der Waals surface area contributed by atoms with E-state index in [1.165, 1.54) is 17.5 Å². The minimum atomic E-state index is 0.315. The van der Waals surface area contributed by atoms with Gasteiger partial charge in [0.25, 0.3) is 0 Å². The Balaban J connectivity index is 1.63. The van der Waals surface area contributed by atoms with Crippen LogP contribution in [0.2, 0.25) is 0 Å². The fourth-order valence-corrected chi connectivity index (χ4v) is 2.61. The molecule has 0 amide bonds. The first-order chi connectivity index (χ1) is 11.8. The summed E-state index contributed by atoms with van der Waals surface area (Å²) in [6, 6.07) is 4.15. The molecule has 2 rings (SSSR count). The number of hydrogen-bond donors (Lipinski definition) is 1. The normalized spacial score (nSPS) is 12.8. The molecule has 5 nitrogen and oxygen atoms in total. The molecule has 0 atom stereocenters. The lowest BCUT2D eigenvalue weighted by Gasteiger charge is -2.11. The summed E-state index contributed by atoms with van der Waals surface area (Å²) < 4.78 is 22.2. The molecular weight excluding hydrogens is 306 g/mol. The van der Waals surface area contributed by atoms with Crippen LogP contribution in [0.1, 0.15) is 44.2 Å². The average Bonchev–Trinajstić information content (AvgIpc) is 3.04. The van der Waals surface area contributed by atoms with Crippen LogP contribution in [0.5, 0.6) is 11.5 Å². The highest BCUT2D eigenvalue weighted by molar-refractivity contribution is 5.48. The van der Waals surface area contributed by atoms with Gasteiger partial charge in [-0.05, 0) is 36.1 Å². The van der Waals surface area contributed by atoms with E-state index in [0.29, 0.717) is 20.0 Å². The Morgan fingerprint density at radius 1 is 0.917 bits per heavy atom. The quantitative estimate of drug-likeness (QED) is 0.560. The zero-order valence-corrected chi connectivity index (χ0v) is 15.1. The molecule has 136 valence electrons. The minimum Gasteiger partial charge on any atom is -0.454 e. The molecule has 1 aliphatic rings. The Morgan fingerprint density at radius 2 is 1.62 bits per heavy atom. The molecule has 0 radical (unpaired) electrons. The van der Waals surface area contributed by atoms with Crippen LogP contribution >= 0.6 is 0 Å². The fraction of sp³-hybridized carbons (Fsp3) is 0.684. The van der Waals surface area contributed by atoms with E-state index in [4.69, 9.17) is 18.9 Å². The molecule has 1 aromatic carbocycles. The van der Waals surface area contributed by atoms with Gasteiger partial charge in [-0.1, -0.05) is 26.7 Å². The second-order valence-corrected chi connectivity index (χ2v) is 5.99. The summed E-state index contributed by atoms with van der Waals surface area (Å²) in [6.45, 7) is 9.31. The number of aryl methyl sites for hydroxylation is 1. The number of unbranched alkanes of at least 4 members (excludes halogenated alkanes) is 1. The van der Waals surface area contributed by atoms with Crippen molar-refractivity contribution in [3.63, 3.8) is 0 Å². The molecule has 0 bridgehead atoms. The van der Waals surface area contributed by atoms with Crippen molar-refractivity contribution in [1.82, 2.24) is 5.32 Å². The van der Waals surface area contributed by atoms with Crippen LogP contribution < -0.4 is 14.8 Å². The highest BCUT2D eigenvalue weighted by Gasteiger charge is 2.16. The number of ether oxygens (including phenoxy) is 4.